The van der Waals surface area contributed by atoms with Crippen molar-refractivity contribution in [2.45, 2.75) is 4.90 Å². The first-order valence-electron chi connectivity index (χ1n) is 5.94. The lowest BCUT2D eigenvalue weighted by atomic mass is 10.3. The highest BCUT2D eigenvalue weighted by Gasteiger charge is 2.17. The van der Waals surface area contributed by atoms with Crippen LogP contribution in [-0.2, 0) is 10.0 Å². The van der Waals surface area contributed by atoms with Crippen LogP contribution in [0.25, 0.3) is 0 Å². The fourth-order valence-electron chi connectivity index (χ4n) is 1.68. The molecule has 7 nitrogen and oxygen atoms in total. The Morgan fingerprint density at radius 1 is 1.18 bits per heavy atom. The average molecular weight is 326 g/mol. The third-order valence-electron chi connectivity index (χ3n) is 2.76. The second kappa shape index (κ2) is 5.98. The summed E-state index contributed by atoms with van der Waals surface area (Å²) in [5, 5.41) is 10.5. The Labute approximate surface area is 125 Å². The van der Waals surface area contributed by atoms with Crippen molar-refractivity contribution >= 4 is 21.4 Å². The van der Waals surface area contributed by atoms with Crippen molar-refractivity contribution in [3.05, 3.63) is 58.4 Å². The highest BCUT2D eigenvalue weighted by atomic mass is 32.2. The first kappa shape index (κ1) is 15.7. The normalized spacial score (nSPS) is 11.0. The molecule has 0 saturated carbocycles. The molecule has 0 aromatic heterocycles. The number of nitro groups is 1. The molecule has 0 spiro atoms. The van der Waals surface area contributed by atoms with Crippen molar-refractivity contribution in [2.24, 2.45) is 0 Å². The quantitative estimate of drug-likeness (QED) is 0.672. The van der Waals surface area contributed by atoms with Gasteiger partial charge in [-0.3, -0.25) is 14.8 Å². The summed E-state index contributed by atoms with van der Waals surface area (Å²) in [5.74, 6) is -0.886. The number of methoxy groups -OCH3 is 1. The van der Waals surface area contributed by atoms with Crippen molar-refractivity contribution < 1.29 is 22.5 Å². The lowest BCUT2D eigenvalue weighted by molar-refractivity contribution is -0.384. The molecule has 0 unspecified atom stereocenters. The van der Waals surface area contributed by atoms with Crippen LogP contribution in [0.5, 0.6) is 5.75 Å². The van der Waals surface area contributed by atoms with Crippen LogP contribution >= 0.6 is 0 Å². The van der Waals surface area contributed by atoms with E-state index in [-0.39, 0.29) is 22.0 Å². The molecule has 0 aliphatic heterocycles. The van der Waals surface area contributed by atoms with Crippen molar-refractivity contribution in [2.75, 3.05) is 11.8 Å². The number of ether oxygens (including phenoxy) is 1. The van der Waals surface area contributed by atoms with E-state index >= 15 is 0 Å². The molecular weight excluding hydrogens is 315 g/mol. The summed E-state index contributed by atoms with van der Waals surface area (Å²) >= 11 is 0. The summed E-state index contributed by atoms with van der Waals surface area (Å²) in [5.41, 5.74) is -0.0414. The molecular formula is C13H11FN2O5S. The highest BCUT2D eigenvalue weighted by molar-refractivity contribution is 7.92. The highest BCUT2D eigenvalue weighted by Crippen LogP contribution is 2.23. The number of benzene rings is 2. The predicted octanol–water partition coefficient (Wildman–Crippen LogP) is 2.54. The Hall–Kier alpha value is -2.68. The fourth-order valence-corrected chi connectivity index (χ4v) is 2.75. The van der Waals surface area contributed by atoms with Crippen molar-refractivity contribution in [3.63, 3.8) is 0 Å². The summed E-state index contributed by atoms with van der Waals surface area (Å²) < 4.78 is 44.7. The summed E-state index contributed by atoms with van der Waals surface area (Å²) in [6.07, 6.45) is 0. The lowest BCUT2D eigenvalue weighted by Crippen LogP contribution is -2.13. The minimum absolute atomic E-state index is 0.0747. The van der Waals surface area contributed by atoms with E-state index in [9.17, 15) is 22.9 Å². The number of anilines is 1. The van der Waals surface area contributed by atoms with Gasteiger partial charge in [0.25, 0.3) is 15.7 Å². The smallest absolute Gasteiger partial charge is 0.269 e. The number of hydrogen-bond acceptors (Lipinski definition) is 5. The van der Waals surface area contributed by atoms with E-state index < -0.39 is 20.8 Å². The van der Waals surface area contributed by atoms with Gasteiger partial charge in [-0.2, -0.15) is 0 Å². The van der Waals surface area contributed by atoms with E-state index in [1.54, 1.807) is 0 Å². The van der Waals surface area contributed by atoms with Crippen LogP contribution in [0.4, 0.5) is 15.8 Å². The molecule has 2 aromatic carbocycles. The minimum Gasteiger partial charge on any atom is -0.494 e. The molecule has 0 bridgehead atoms. The van der Waals surface area contributed by atoms with Gasteiger partial charge in [0.05, 0.1) is 16.9 Å². The molecule has 2 rings (SSSR count). The van der Waals surface area contributed by atoms with Gasteiger partial charge in [0, 0.05) is 17.8 Å². The van der Waals surface area contributed by atoms with Crippen LogP contribution < -0.4 is 9.46 Å². The zero-order valence-electron chi connectivity index (χ0n) is 11.3. The number of non-ortho nitro benzene ring substituents is 1. The minimum atomic E-state index is -4.01. The molecule has 2 aromatic rings. The molecule has 0 radical (unpaired) electrons. The average Bonchev–Trinajstić information content (AvgIpc) is 2.47. The zero-order valence-corrected chi connectivity index (χ0v) is 12.1. The monoisotopic (exact) mass is 326 g/mol. The fraction of sp³-hybridized carbons (Fsp3) is 0.0769. The number of sulfonamides is 1. The first-order valence-corrected chi connectivity index (χ1v) is 7.42. The number of halogens is 1. The van der Waals surface area contributed by atoms with Gasteiger partial charge in [-0.25, -0.2) is 12.8 Å². The third kappa shape index (κ3) is 3.31. The van der Waals surface area contributed by atoms with Gasteiger partial charge in [-0.05, 0) is 30.3 Å². The van der Waals surface area contributed by atoms with E-state index in [0.717, 1.165) is 18.2 Å². The molecule has 22 heavy (non-hydrogen) atoms. The van der Waals surface area contributed by atoms with Crippen LogP contribution in [0.3, 0.4) is 0 Å². The van der Waals surface area contributed by atoms with Crippen molar-refractivity contribution in [1.82, 2.24) is 0 Å². The van der Waals surface area contributed by atoms with E-state index in [2.05, 4.69) is 4.72 Å². The van der Waals surface area contributed by atoms with E-state index in [4.69, 9.17) is 4.74 Å². The molecule has 116 valence electrons. The molecule has 0 amide bonds. The predicted molar refractivity (Wildman–Crippen MR) is 76.9 cm³/mol. The van der Waals surface area contributed by atoms with E-state index in [1.807, 2.05) is 0 Å². The summed E-state index contributed by atoms with van der Waals surface area (Å²) in [6, 6.07) is 8.02. The maximum atomic E-state index is 13.6. The molecule has 0 atom stereocenters. The molecule has 9 heteroatoms. The molecule has 0 heterocycles. The SMILES string of the molecule is COc1ccc(S(=O)(=O)Nc2ccc([N+](=O)[O-])cc2)cc1F. The van der Waals surface area contributed by atoms with Crippen LogP contribution in [0.2, 0.25) is 0 Å². The van der Waals surface area contributed by atoms with Gasteiger partial charge in [0.15, 0.2) is 11.6 Å². The molecule has 0 aliphatic rings. The van der Waals surface area contributed by atoms with Crippen LogP contribution in [0.15, 0.2) is 47.4 Å². The number of nitrogens with zero attached hydrogens (tertiary/aromatic N) is 1. The molecule has 1 N–H and O–H groups in total. The Kier molecular flexibility index (Phi) is 4.27. The van der Waals surface area contributed by atoms with Gasteiger partial charge in [-0.1, -0.05) is 0 Å². The van der Waals surface area contributed by atoms with E-state index in [1.165, 1.54) is 31.4 Å². The summed E-state index contributed by atoms with van der Waals surface area (Å²) in [4.78, 5) is 9.64. The van der Waals surface area contributed by atoms with Crippen LogP contribution in [-0.4, -0.2) is 20.5 Å². The largest absolute Gasteiger partial charge is 0.494 e. The zero-order chi connectivity index (χ0) is 16.3. The number of nitro benzene ring substituents is 1. The van der Waals surface area contributed by atoms with Gasteiger partial charge in [0.1, 0.15) is 0 Å². The Bertz CT molecular complexity index is 806. The van der Waals surface area contributed by atoms with E-state index in [0.29, 0.717) is 0 Å². The van der Waals surface area contributed by atoms with Crippen LogP contribution in [0, 0.1) is 15.9 Å². The first-order chi connectivity index (χ1) is 10.3. The Morgan fingerprint density at radius 2 is 1.82 bits per heavy atom. The van der Waals surface area contributed by atoms with Crippen molar-refractivity contribution in [3.8, 4) is 5.75 Å². The van der Waals surface area contributed by atoms with Gasteiger partial charge in [0.2, 0.25) is 0 Å². The Morgan fingerprint density at radius 3 is 2.32 bits per heavy atom. The standard InChI is InChI=1S/C13H11FN2O5S/c1-21-13-7-6-11(8-12(13)14)22(19,20)15-9-2-4-10(5-3-9)16(17)18/h2-8,15H,1H3. The second-order valence-electron chi connectivity index (χ2n) is 4.21. The second-order valence-corrected chi connectivity index (χ2v) is 5.89. The molecule has 0 saturated heterocycles. The van der Waals surface area contributed by atoms with Crippen LogP contribution in [0.1, 0.15) is 0 Å². The van der Waals surface area contributed by atoms with Gasteiger partial charge >= 0.3 is 0 Å². The summed E-state index contributed by atoms with van der Waals surface area (Å²) in [6.45, 7) is 0. The number of rotatable bonds is 5. The van der Waals surface area contributed by atoms with Gasteiger partial charge < -0.3 is 4.74 Å². The molecule has 0 fully saturated rings. The maximum Gasteiger partial charge on any atom is 0.269 e. The van der Waals surface area contributed by atoms with Gasteiger partial charge in [-0.15, -0.1) is 0 Å². The third-order valence-corrected chi connectivity index (χ3v) is 4.14. The molecule has 0 aliphatic carbocycles. The number of hydrogen-bond donors (Lipinski definition) is 1. The van der Waals surface area contributed by atoms with Crippen molar-refractivity contribution in [1.29, 1.82) is 0 Å². The Balaban J connectivity index is 2.27. The number of nitrogens with one attached hydrogen (secondary N) is 1. The lowest BCUT2D eigenvalue weighted by Gasteiger charge is -2.09. The maximum absolute atomic E-state index is 13.6. The topological polar surface area (TPSA) is 98.5 Å². The summed E-state index contributed by atoms with van der Waals surface area (Å²) in [7, 11) is -2.74.